The van der Waals surface area contributed by atoms with Crippen LogP contribution in [0.15, 0.2) is 60.7 Å². The van der Waals surface area contributed by atoms with Gasteiger partial charge in [-0.1, -0.05) is 48.5 Å². The fourth-order valence-electron chi connectivity index (χ4n) is 2.07. The number of amides is 1. The van der Waals surface area contributed by atoms with Crippen LogP contribution in [0, 0.1) is 0 Å². The molecule has 0 bridgehead atoms. The number of carbonyl (C=O) groups excluding carboxylic acids is 1. The van der Waals surface area contributed by atoms with Crippen LogP contribution in [0.1, 0.15) is 19.4 Å². The summed E-state index contributed by atoms with van der Waals surface area (Å²) in [6.45, 7) is 4.10. The molecule has 0 fully saturated rings. The van der Waals surface area contributed by atoms with E-state index in [0.717, 1.165) is 11.3 Å². The van der Waals surface area contributed by atoms with Gasteiger partial charge in [-0.3, -0.25) is 4.79 Å². The summed E-state index contributed by atoms with van der Waals surface area (Å²) >= 11 is 0. The maximum atomic E-state index is 12.8. The van der Waals surface area contributed by atoms with Crippen LogP contribution in [0.4, 0.5) is 5.69 Å². The Balaban J connectivity index is 2.34. The smallest absolute Gasteiger partial charge is 0.258 e. The van der Waals surface area contributed by atoms with E-state index >= 15 is 0 Å². The minimum absolute atomic E-state index is 0.0555. The molecule has 0 aromatic heterocycles. The molecule has 2 rings (SSSR count). The van der Waals surface area contributed by atoms with Gasteiger partial charge >= 0.3 is 0 Å². The van der Waals surface area contributed by atoms with Crippen LogP contribution in [0.5, 0.6) is 0 Å². The van der Waals surface area contributed by atoms with Gasteiger partial charge in [0, 0.05) is 12.8 Å². The number of anilines is 1. The van der Waals surface area contributed by atoms with E-state index in [-0.39, 0.29) is 5.91 Å². The highest BCUT2D eigenvalue weighted by molar-refractivity contribution is 5.98. The molecule has 0 aliphatic heterocycles. The van der Waals surface area contributed by atoms with Gasteiger partial charge in [0.1, 0.15) is 5.60 Å². The van der Waals surface area contributed by atoms with Crippen LogP contribution in [0.25, 0.3) is 0 Å². The number of carbonyl (C=O) groups is 1. The first-order chi connectivity index (χ1) is 10.0. The van der Waals surface area contributed by atoms with Gasteiger partial charge in [-0.05, 0) is 31.5 Å². The predicted octanol–water partition coefficient (Wildman–Crippen LogP) is 3.64. The number of para-hydroxylation sites is 1. The van der Waals surface area contributed by atoms with Gasteiger partial charge in [-0.25, -0.2) is 0 Å². The number of methoxy groups -OCH3 is 1. The molecule has 2 aromatic rings. The van der Waals surface area contributed by atoms with Crippen molar-refractivity contribution in [2.45, 2.75) is 26.0 Å². The monoisotopic (exact) mass is 283 g/mol. The van der Waals surface area contributed by atoms with Crippen molar-refractivity contribution in [1.29, 1.82) is 0 Å². The SMILES string of the molecule is COC(C)(C)C(=O)N(Cc1ccccc1)c1ccccc1. The third-order valence-corrected chi connectivity index (χ3v) is 3.52. The zero-order chi connectivity index (χ0) is 15.3. The second-order valence-corrected chi connectivity index (χ2v) is 5.43. The van der Waals surface area contributed by atoms with Crippen molar-refractivity contribution >= 4 is 11.6 Å². The molecule has 0 unspecified atom stereocenters. The summed E-state index contributed by atoms with van der Waals surface area (Å²) in [5, 5.41) is 0. The molecule has 1 amide bonds. The van der Waals surface area contributed by atoms with E-state index in [1.165, 1.54) is 0 Å². The molecular weight excluding hydrogens is 262 g/mol. The molecule has 21 heavy (non-hydrogen) atoms. The van der Waals surface area contributed by atoms with Gasteiger partial charge in [0.2, 0.25) is 0 Å². The van der Waals surface area contributed by atoms with Crippen LogP contribution in [0.2, 0.25) is 0 Å². The number of nitrogens with zero attached hydrogens (tertiary/aromatic N) is 1. The molecule has 0 radical (unpaired) electrons. The van der Waals surface area contributed by atoms with Gasteiger partial charge in [0.15, 0.2) is 0 Å². The molecule has 3 nitrogen and oxygen atoms in total. The molecule has 3 heteroatoms. The van der Waals surface area contributed by atoms with Crippen LogP contribution in [-0.2, 0) is 16.1 Å². The predicted molar refractivity (Wildman–Crippen MR) is 85.2 cm³/mol. The molecule has 0 spiro atoms. The summed E-state index contributed by atoms with van der Waals surface area (Å²) in [7, 11) is 1.56. The van der Waals surface area contributed by atoms with E-state index in [0.29, 0.717) is 6.54 Å². The minimum atomic E-state index is -0.857. The largest absolute Gasteiger partial charge is 0.369 e. The normalized spacial score (nSPS) is 11.2. The second-order valence-electron chi connectivity index (χ2n) is 5.43. The summed E-state index contributed by atoms with van der Waals surface area (Å²) < 4.78 is 5.35. The zero-order valence-electron chi connectivity index (χ0n) is 12.7. The van der Waals surface area contributed by atoms with Crippen molar-refractivity contribution < 1.29 is 9.53 Å². The lowest BCUT2D eigenvalue weighted by molar-refractivity contribution is -0.136. The molecule has 2 aromatic carbocycles. The summed E-state index contributed by atoms with van der Waals surface area (Å²) in [4.78, 5) is 14.6. The van der Waals surface area contributed by atoms with Crippen LogP contribution >= 0.6 is 0 Å². The van der Waals surface area contributed by atoms with Crippen molar-refractivity contribution in [3.63, 3.8) is 0 Å². The number of hydrogen-bond donors (Lipinski definition) is 0. The van der Waals surface area contributed by atoms with Gasteiger partial charge in [0.05, 0.1) is 6.54 Å². The number of ether oxygens (including phenoxy) is 1. The molecule has 0 saturated carbocycles. The van der Waals surface area contributed by atoms with E-state index in [1.54, 1.807) is 25.9 Å². The number of hydrogen-bond acceptors (Lipinski definition) is 2. The van der Waals surface area contributed by atoms with E-state index in [2.05, 4.69) is 0 Å². The van der Waals surface area contributed by atoms with Crippen molar-refractivity contribution in [1.82, 2.24) is 0 Å². The first-order valence-corrected chi connectivity index (χ1v) is 7.00. The topological polar surface area (TPSA) is 29.5 Å². The Morgan fingerprint density at radius 2 is 1.52 bits per heavy atom. The lowest BCUT2D eigenvalue weighted by Gasteiger charge is -2.31. The molecule has 0 aliphatic rings. The highest BCUT2D eigenvalue weighted by Gasteiger charge is 2.32. The van der Waals surface area contributed by atoms with Gasteiger partial charge in [0.25, 0.3) is 5.91 Å². The van der Waals surface area contributed by atoms with Crippen molar-refractivity contribution in [3.8, 4) is 0 Å². The quantitative estimate of drug-likeness (QED) is 0.838. The molecule has 0 atom stereocenters. The fraction of sp³-hybridized carbons (Fsp3) is 0.278. The molecule has 0 saturated heterocycles. The van der Waals surface area contributed by atoms with E-state index in [4.69, 9.17) is 4.74 Å². The van der Waals surface area contributed by atoms with Crippen molar-refractivity contribution in [2.24, 2.45) is 0 Å². The Hall–Kier alpha value is -2.13. The third kappa shape index (κ3) is 3.70. The fourth-order valence-corrected chi connectivity index (χ4v) is 2.07. The highest BCUT2D eigenvalue weighted by Crippen LogP contribution is 2.22. The third-order valence-electron chi connectivity index (χ3n) is 3.52. The van der Waals surface area contributed by atoms with E-state index in [1.807, 2.05) is 60.7 Å². The lowest BCUT2D eigenvalue weighted by atomic mass is 10.1. The van der Waals surface area contributed by atoms with Crippen LogP contribution in [-0.4, -0.2) is 18.6 Å². The zero-order valence-corrected chi connectivity index (χ0v) is 12.7. The Morgan fingerprint density at radius 1 is 1.00 bits per heavy atom. The Bertz CT molecular complexity index is 579. The average Bonchev–Trinajstić information content (AvgIpc) is 2.53. The summed E-state index contributed by atoms with van der Waals surface area (Å²) in [5.74, 6) is -0.0555. The Kier molecular flexibility index (Phi) is 4.76. The van der Waals surface area contributed by atoms with Crippen molar-refractivity contribution in [2.75, 3.05) is 12.0 Å². The van der Waals surface area contributed by atoms with Gasteiger partial charge in [-0.15, -0.1) is 0 Å². The van der Waals surface area contributed by atoms with Gasteiger partial charge in [-0.2, -0.15) is 0 Å². The lowest BCUT2D eigenvalue weighted by Crippen LogP contribution is -2.46. The highest BCUT2D eigenvalue weighted by atomic mass is 16.5. The maximum absolute atomic E-state index is 12.8. The van der Waals surface area contributed by atoms with Crippen LogP contribution in [0.3, 0.4) is 0 Å². The minimum Gasteiger partial charge on any atom is -0.369 e. The molecule has 110 valence electrons. The first-order valence-electron chi connectivity index (χ1n) is 7.00. The average molecular weight is 283 g/mol. The maximum Gasteiger partial charge on any atom is 0.258 e. The first kappa shape index (κ1) is 15.3. The molecule has 0 N–H and O–H groups in total. The Morgan fingerprint density at radius 3 is 2.05 bits per heavy atom. The summed E-state index contributed by atoms with van der Waals surface area (Å²) in [5.41, 5.74) is 1.10. The number of benzene rings is 2. The number of rotatable bonds is 5. The summed E-state index contributed by atoms with van der Waals surface area (Å²) in [6.07, 6.45) is 0. The van der Waals surface area contributed by atoms with Gasteiger partial charge < -0.3 is 9.64 Å². The van der Waals surface area contributed by atoms with E-state index in [9.17, 15) is 4.79 Å². The second kappa shape index (κ2) is 6.55. The standard InChI is InChI=1S/C18H21NO2/c1-18(2,21-3)17(20)19(16-12-8-5-9-13-16)14-15-10-6-4-7-11-15/h4-13H,14H2,1-3H3. The Labute approximate surface area is 126 Å². The molecule has 0 heterocycles. The van der Waals surface area contributed by atoms with E-state index < -0.39 is 5.60 Å². The molecule has 0 aliphatic carbocycles. The van der Waals surface area contributed by atoms with Crippen LogP contribution < -0.4 is 4.90 Å². The summed E-state index contributed by atoms with van der Waals surface area (Å²) in [6, 6.07) is 19.6. The van der Waals surface area contributed by atoms with Crippen molar-refractivity contribution in [3.05, 3.63) is 66.2 Å². The molecular formula is C18H21NO2.